The number of ether oxygens (including phenoxy) is 1. The number of nitrogens with one attached hydrogen (secondary N) is 1. The standard InChI is InChI=1S/C15H22N2O4/c1-9-13(16-10(2)21-9)14(18)17-12-8-6-4-5-7-11(12)15(19)20-3/h11-12H,4-8H2,1-3H3,(H,17,18)/t11-,12+/m1/s1. The van der Waals surface area contributed by atoms with Gasteiger partial charge in [0.15, 0.2) is 11.6 Å². The molecule has 1 heterocycles. The largest absolute Gasteiger partial charge is 0.469 e. The quantitative estimate of drug-likeness (QED) is 0.682. The van der Waals surface area contributed by atoms with Crippen LogP contribution in [-0.4, -0.2) is 30.0 Å². The first kappa shape index (κ1) is 15.5. The number of carbonyl (C=O) groups excluding carboxylic acids is 2. The molecule has 116 valence electrons. The van der Waals surface area contributed by atoms with Crippen molar-refractivity contribution in [2.24, 2.45) is 5.92 Å². The molecule has 0 bridgehead atoms. The Balaban J connectivity index is 2.12. The normalized spacial score (nSPS) is 22.4. The first-order valence-electron chi connectivity index (χ1n) is 7.35. The van der Waals surface area contributed by atoms with E-state index in [1.165, 1.54) is 7.11 Å². The number of hydrogen-bond donors (Lipinski definition) is 1. The van der Waals surface area contributed by atoms with Crippen molar-refractivity contribution < 1.29 is 18.7 Å². The summed E-state index contributed by atoms with van der Waals surface area (Å²) in [5.41, 5.74) is 0.292. The van der Waals surface area contributed by atoms with Crippen molar-refractivity contribution in [1.29, 1.82) is 0 Å². The third kappa shape index (κ3) is 3.62. The summed E-state index contributed by atoms with van der Waals surface area (Å²) >= 11 is 0. The number of esters is 1. The Kier molecular flexibility index (Phi) is 4.98. The maximum absolute atomic E-state index is 12.3. The van der Waals surface area contributed by atoms with E-state index in [0.717, 1.165) is 32.1 Å². The van der Waals surface area contributed by atoms with Crippen LogP contribution in [0.2, 0.25) is 0 Å². The molecule has 0 aliphatic heterocycles. The fraction of sp³-hybridized carbons (Fsp3) is 0.667. The molecule has 1 aromatic rings. The second-order valence-corrected chi connectivity index (χ2v) is 5.49. The van der Waals surface area contributed by atoms with Gasteiger partial charge in [-0.1, -0.05) is 19.3 Å². The van der Waals surface area contributed by atoms with Gasteiger partial charge < -0.3 is 14.5 Å². The van der Waals surface area contributed by atoms with Gasteiger partial charge >= 0.3 is 5.97 Å². The Morgan fingerprint density at radius 1 is 1.24 bits per heavy atom. The van der Waals surface area contributed by atoms with Crippen LogP contribution in [-0.2, 0) is 9.53 Å². The van der Waals surface area contributed by atoms with E-state index in [2.05, 4.69) is 10.3 Å². The molecule has 1 aliphatic rings. The molecule has 1 amide bonds. The lowest BCUT2D eigenvalue weighted by Gasteiger charge is -2.23. The zero-order valence-corrected chi connectivity index (χ0v) is 12.8. The van der Waals surface area contributed by atoms with Crippen LogP contribution < -0.4 is 5.32 Å². The number of amides is 1. The molecule has 0 spiro atoms. The van der Waals surface area contributed by atoms with Crippen LogP contribution in [0.15, 0.2) is 4.42 Å². The molecule has 1 fully saturated rings. The molecule has 0 aromatic carbocycles. The van der Waals surface area contributed by atoms with Gasteiger partial charge in [0, 0.05) is 13.0 Å². The first-order chi connectivity index (χ1) is 10.0. The Bertz CT molecular complexity index is 524. The zero-order valence-electron chi connectivity index (χ0n) is 12.8. The van der Waals surface area contributed by atoms with E-state index in [1.54, 1.807) is 13.8 Å². The second kappa shape index (κ2) is 6.74. The molecule has 1 saturated carbocycles. The Morgan fingerprint density at radius 2 is 1.95 bits per heavy atom. The van der Waals surface area contributed by atoms with E-state index in [-0.39, 0.29) is 23.8 Å². The van der Waals surface area contributed by atoms with Crippen LogP contribution >= 0.6 is 0 Å². The van der Waals surface area contributed by atoms with E-state index < -0.39 is 0 Å². The highest BCUT2D eigenvalue weighted by Gasteiger charge is 2.32. The van der Waals surface area contributed by atoms with Gasteiger partial charge in [-0.15, -0.1) is 0 Å². The predicted molar refractivity (Wildman–Crippen MR) is 75.8 cm³/mol. The number of carbonyl (C=O) groups is 2. The summed E-state index contributed by atoms with van der Waals surface area (Å²) in [4.78, 5) is 28.3. The average Bonchev–Trinajstić information content (AvgIpc) is 2.65. The minimum Gasteiger partial charge on any atom is -0.469 e. The molecule has 1 aliphatic carbocycles. The lowest BCUT2D eigenvalue weighted by molar-refractivity contribution is -0.146. The lowest BCUT2D eigenvalue weighted by Crippen LogP contribution is -2.43. The summed E-state index contributed by atoms with van der Waals surface area (Å²) in [5, 5.41) is 2.93. The molecule has 6 heteroatoms. The van der Waals surface area contributed by atoms with Crippen molar-refractivity contribution in [3.05, 3.63) is 17.3 Å². The summed E-state index contributed by atoms with van der Waals surface area (Å²) in [6.07, 6.45) is 4.57. The van der Waals surface area contributed by atoms with Gasteiger partial charge in [0.2, 0.25) is 0 Å². The van der Waals surface area contributed by atoms with Gasteiger partial charge in [-0.3, -0.25) is 9.59 Å². The van der Waals surface area contributed by atoms with E-state index in [9.17, 15) is 9.59 Å². The third-order valence-corrected chi connectivity index (χ3v) is 3.95. The molecule has 2 atom stereocenters. The molecular weight excluding hydrogens is 272 g/mol. The van der Waals surface area contributed by atoms with Gasteiger partial charge in [0.25, 0.3) is 5.91 Å². The number of nitrogens with zero attached hydrogens (tertiary/aromatic N) is 1. The van der Waals surface area contributed by atoms with Gasteiger partial charge in [-0.2, -0.15) is 0 Å². The number of hydrogen-bond acceptors (Lipinski definition) is 5. The van der Waals surface area contributed by atoms with Crippen LogP contribution in [0.5, 0.6) is 0 Å². The van der Waals surface area contributed by atoms with Gasteiger partial charge in [0.1, 0.15) is 5.76 Å². The molecule has 6 nitrogen and oxygen atoms in total. The van der Waals surface area contributed by atoms with Crippen molar-refractivity contribution in [2.45, 2.75) is 52.0 Å². The zero-order chi connectivity index (χ0) is 15.4. The SMILES string of the molecule is COC(=O)[C@@H]1CCCCC[C@@H]1NC(=O)c1nc(C)oc1C. The van der Waals surface area contributed by atoms with Gasteiger partial charge in [0.05, 0.1) is 13.0 Å². The minimum absolute atomic E-state index is 0.205. The summed E-state index contributed by atoms with van der Waals surface area (Å²) in [5.74, 6) is 0.131. The average molecular weight is 294 g/mol. The van der Waals surface area contributed by atoms with Crippen LogP contribution in [0.4, 0.5) is 0 Å². The van der Waals surface area contributed by atoms with Crippen LogP contribution in [0.3, 0.4) is 0 Å². The molecule has 2 rings (SSSR count). The van der Waals surface area contributed by atoms with Crippen molar-refractivity contribution in [3.8, 4) is 0 Å². The van der Waals surface area contributed by atoms with E-state index in [1.807, 2.05) is 0 Å². The lowest BCUT2D eigenvalue weighted by atomic mass is 9.94. The number of rotatable bonds is 3. The maximum Gasteiger partial charge on any atom is 0.310 e. The monoisotopic (exact) mass is 294 g/mol. The maximum atomic E-state index is 12.3. The van der Waals surface area contributed by atoms with Crippen LogP contribution in [0, 0.1) is 19.8 Å². The topological polar surface area (TPSA) is 81.4 Å². The summed E-state index contributed by atoms with van der Waals surface area (Å²) in [7, 11) is 1.39. The third-order valence-electron chi connectivity index (χ3n) is 3.95. The van der Waals surface area contributed by atoms with E-state index in [0.29, 0.717) is 17.3 Å². The van der Waals surface area contributed by atoms with E-state index in [4.69, 9.17) is 9.15 Å². The fourth-order valence-electron chi connectivity index (χ4n) is 2.89. The Hall–Kier alpha value is -1.85. The highest BCUT2D eigenvalue weighted by Crippen LogP contribution is 2.25. The van der Waals surface area contributed by atoms with Crippen molar-refractivity contribution in [2.75, 3.05) is 7.11 Å². The highest BCUT2D eigenvalue weighted by atomic mass is 16.5. The van der Waals surface area contributed by atoms with Crippen molar-refractivity contribution in [1.82, 2.24) is 10.3 Å². The molecular formula is C15H22N2O4. The smallest absolute Gasteiger partial charge is 0.310 e. The molecule has 1 N–H and O–H groups in total. The predicted octanol–water partition coefficient (Wildman–Crippen LogP) is 2.14. The first-order valence-corrected chi connectivity index (χ1v) is 7.35. The summed E-state index contributed by atoms with van der Waals surface area (Å²) in [6, 6.07) is -0.205. The second-order valence-electron chi connectivity index (χ2n) is 5.49. The van der Waals surface area contributed by atoms with E-state index >= 15 is 0 Å². The minimum atomic E-state index is -0.287. The molecule has 0 unspecified atom stereocenters. The Morgan fingerprint density at radius 3 is 2.57 bits per heavy atom. The van der Waals surface area contributed by atoms with Gasteiger partial charge in [-0.05, 0) is 19.8 Å². The van der Waals surface area contributed by atoms with Gasteiger partial charge in [-0.25, -0.2) is 4.98 Å². The number of methoxy groups -OCH3 is 1. The fourth-order valence-corrected chi connectivity index (χ4v) is 2.89. The number of aromatic nitrogens is 1. The summed E-state index contributed by atoms with van der Waals surface area (Å²) < 4.78 is 10.1. The number of oxazole rings is 1. The van der Waals surface area contributed by atoms with Crippen molar-refractivity contribution in [3.63, 3.8) is 0 Å². The Labute approximate surface area is 124 Å². The van der Waals surface area contributed by atoms with Crippen LogP contribution in [0.25, 0.3) is 0 Å². The molecule has 0 saturated heterocycles. The highest BCUT2D eigenvalue weighted by molar-refractivity contribution is 5.93. The van der Waals surface area contributed by atoms with Crippen molar-refractivity contribution >= 4 is 11.9 Å². The molecule has 0 radical (unpaired) electrons. The van der Waals surface area contributed by atoms with Crippen LogP contribution in [0.1, 0.15) is 54.2 Å². The number of aryl methyl sites for hydroxylation is 2. The molecule has 1 aromatic heterocycles. The molecule has 21 heavy (non-hydrogen) atoms. The summed E-state index contributed by atoms with van der Waals surface area (Å²) in [6.45, 7) is 3.41.